The molecule has 0 aliphatic carbocycles. The normalized spacial score (nSPS) is 14.0. The highest BCUT2D eigenvalue weighted by molar-refractivity contribution is 7.92. The van der Waals surface area contributed by atoms with Gasteiger partial charge in [0.25, 0.3) is 10.0 Å². The van der Waals surface area contributed by atoms with Crippen LogP contribution in [-0.4, -0.2) is 57.0 Å². The number of carbonyl (C=O) groups excluding carboxylic acids is 2. The molecular weight excluding hydrogens is 568 g/mol. The smallest absolute Gasteiger partial charge is 0.264 e. The van der Waals surface area contributed by atoms with Gasteiger partial charge in [-0.2, -0.15) is 0 Å². The summed E-state index contributed by atoms with van der Waals surface area (Å²) in [7, 11) is -4.43. The fourth-order valence-electron chi connectivity index (χ4n) is 4.31. The van der Waals surface area contributed by atoms with Crippen molar-refractivity contribution in [2.75, 3.05) is 24.1 Å². The predicted octanol–water partition coefficient (Wildman–Crippen LogP) is 4.26. The van der Waals surface area contributed by atoms with Gasteiger partial charge in [0.2, 0.25) is 11.8 Å². The van der Waals surface area contributed by atoms with E-state index in [4.69, 9.17) is 9.47 Å². The van der Waals surface area contributed by atoms with Crippen LogP contribution in [-0.2, 0) is 26.2 Å². The number of ether oxygens (including phenoxy) is 2. The third-order valence-corrected chi connectivity index (χ3v) is 8.73. The first-order valence-electron chi connectivity index (χ1n) is 13.5. The zero-order chi connectivity index (χ0) is 30.4. The molecule has 224 valence electrons. The van der Waals surface area contributed by atoms with Crippen molar-refractivity contribution >= 4 is 27.5 Å². The first-order valence-corrected chi connectivity index (χ1v) is 15.0. The Balaban J connectivity index is 1.72. The van der Waals surface area contributed by atoms with Gasteiger partial charge in [-0.3, -0.25) is 13.9 Å². The molecular formula is C30H33F2N3O6S. The van der Waals surface area contributed by atoms with Crippen molar-refractivity contribution in [3.8, 4) is 11.5 Å². The Hall–Kier alpha value is -4.19. The molecule has 0 spiro atoms. The number of fused-ring (bicyclic) bond motifs is 1. The minimum absolute atomic E-state index is 0.0159. The van der Waals surface area contributed by atoms with E-state index in [1.807, 2.05) is 13.8 Å². The zero-order valence-electron chi connectivity index (χ0n) is 23.5. The lowest BCUT2D eigenvalue weighted by molar-refractivity contribution is -0.139. The van der Waals surface area contributed by atoms with E-state index >= 15 is 0 Å². The van der Waals surface area contributed by atoms with Crippen molar-refractivity contribution in [3.05, 3.63) is 83.9 Å². The molecule has 0 saturated heterocycles. The Morgan fingerprint density at radius 2 is 1.62 bits per heavy atom. The van der Waals surface area contributed by atoms with Gasteiger partial charge in [0, 0.05) is 24.2 Å². The first kappa shape index (κ1) is 30.8. The average Bonchev–Trinajstić information content (AvgIpc) is 2.99. The van der Waals surface area contributed by atoms with E-state index in [0.29, 0.717) is 18.8 Å². The van der Waals surface area contributed by atoms with Gasteiger partial charge in [0.1, 0.15) is 37.4 Å². The summed E-state index contributed by atoms with van der Waals surface area (Å²) in [6.45, 7) is 4.70. The predicted molar refractivity (Wildman–Crippen MR) is 153 cm³/mol. The monoisotopic (exact) mass is 601 g/mol. The van der Waals surface area contributed by atoms with Crippen LogP contribution < -0.4 is 19.1 Å². The van der Waals surface area contributed by atoms with E-state index in [1.54, 1.807) is 6.07 Å². The highest BCUT2D eigenvalue weighted by atomic mass is 32.2. The number of benzene rings is 3. The molecule has 0 bridgehead atoms. The first-order chi connectivity index (χ1) is 20.0. The largest absolute Gasteiger partial charge is 0.486 e. The molecule has 9 nitrogen and oxygen atoms in total. The van der Waals surface area contributed by atoms with Gasteiger partial charge in [0.05, 0.1) is 10.6 Å². The number of anilines is 1. The van der Waals surface area contributed by atoms with Gasteiger partial charge in [-0.25, -0.2) is 17.2 Å². The molecule has 0 unspecified atom stereocenters. The van der Waals surface area contributed by atoms with Crippen LogP contribution in [0.4, 0.5) is 14.5 Å². The molecule has 2 atom stereocenters. The molecule has 42 heavy (non-hydrogen) atoms. The van der Waals surface area contributed by atoms with Crippen molar-refractivity contribution in [3.63, 3.8) is 0 Å². The maximum Gasteiger partial charge on any atom is 0.264 e. The minimum Gasteiger partial charge on any atom is -0.486 e. The number of sulfonamides is 1. The van der Waals surface area contributed by atoms with Crippen LogP contribution >= 0.6 is 0 Å². The van der Waals surface area contributed by atoms with E-state index in [-0.39, 0.29) is 41.1 Å². The Morgan fingerprint density at radius 3 is 2.29 bits per heavy atom. The SMILES string of the molecule is CC[C@H](C)NC(=O)[C@@H](C)N(Cc1ccccc1F)C(=O)CN(c1ccc(F)cc1)S(=O)(=O)c1ccc2c(c1)OCCO2. The second kappa shape index (κ2) is 13.2. The second-order valence-electron chi connectivity index (χ2n) is 9.90. The third-order valence-electron chi connectivity index (χ3n) is 6.96. The summed E-state index contributed by atoms with van der Waals surface area (Å²) in [5, 5.41) is 2.82. The summed E-state index contributed by atoms with van der Waals surface area (Å²) in [6, 6.07) is 13.3. The number of nitrogens with zero attached hydrogens (tertiary/aromatic N) is 2. The maximum atomic E-state index is 14.7. The van der Waals surface area contributed by atoms with E-state index in [1.165, 1.54) is 55.5 Å². The summed E-state index contributed by atoms with van der Waals surface area (Å²) in [4.78, 5) is 27.9. The van der Waals surface area contributed by atoms with Gasteiger partial charge in [-0.15, -0.1) is 0 Å². The fourth-order valence-corrected chi connectivity index (χ4v) is 5.74. The van der Waals surface area contributed by atoms with Crippen LogP contribution in [0.3, 0.4) is 0 Å². The lowest BCUT2D eigenvalue weighted by Gasteiger charge is -2.32. The van der Waals surface area contributed by atoms with Crippen molar-refractivity contribution in [1.82, 2.24) is 10.2 Å². The Labute approximate surface area is 244 Å². The summed E-state index contributed by atoms with van der Waals surface area (Å²) >= 11 is 0. The quantitative estimate of drug-likeness (QED) is 0.352. The highest BCUT2D eigenvalue weighted by Crippen LogP contribution is 2.34. The fraction of sp³-hybridized carbons (Fsp3) is 0.333. The molecule has 1 aliphatic heterocycles. The summed E-state index contributed by atoms with van der Waals surface area (Å²) in [5.41, 5.74) is 0.166. The van der Waals surface area contributed by atoms with E-state index in [0.717, 1.165) is 21.3 Å². The molecule has 12 heteroatoms. The van der Waals surface area contributed by atoms with Crippen LogP contribution in [0.1, 0.15) is 32.8 Å². The summed E-state index contributed by atoms with van der Waals surface area (Å²) < 4.78 is 68.3. The molecule has 0 radical (unpaired) electrons. The topological polar surface area (TPSA) is 105 Å². The number of hydrogen-bond donors (Lipinski definition) is 1. The number of carbonyl (C=O) groups is 2. The molecule has 3 aromatic carbocycles. The Kier molecular flexibility index (Phi) is 9.66. The molecule has 4 rings (SSSR count). The van der Waals surface area contributed by atoms with E-state index in [2.05, 4.69) is 5.32 Å². The van der Waals surface area contributed by atoms with E-state index in [9.17, 15) is 26.8 Å². The number of amides is 2. The summed E-state index contributed by atoms with van der Waals surface area (Å²) in [6.07, 6.45) is 0.645. The average molecular weight is 602 g/mol. The molecule has 0 fully saturated rings. The Morgan fingerprint density at radius 1 is 0.952 bits per heavy atom. The molecule has 1 N–H and O–H groups in total. The lowest BCUT2D eigenvalue weighted by atomic mass is 10.1. The van der Waals surface area contributed by atoms with Gasteiger partial charge in [-0.05, 0) is 62.7 Å². The van der Waals surface area contributed by atoms with Gasteiger partial charge >= 0.3 is 0 Å². The molecule has 3 aromatic rings. The summed E-state index contributed by atoms with van der Waals surface area (Å²) in [5.74, 6) is -1.82. The molecule has 1 heterocycles. The number of halogens is 2. The zero-order valence-corrected chi connectivity index (χ0v) is 24.4. The standard InChI is InChI=1S/C30H33F2N3O6S/c1-4-20(2)33-30(37)21(3)34(18-22-7-5-6-8-26(22)32)29(36)19-35(24-11-9-23(31)10-12-24)42(38,39)25-13-14-27-28(17-25)41-16-15-40-27/h5-14,17,20-21H,4,15-16,18-19H2,1-3H3,(H,33,37)/t20-,21+/m0/s1. The van der Waals surface area contributed by atoms with E-state index < -0.39 is 46.1 Å². The van der Waals surface area contributed by atoms with Crippen molar-refractivity contribution < 1.29 is 36.3 Å². The van der Waals surface area contributed by atoms with Gasteiger partial charge in [0.15, 0.2) is 11.5 Å². The van der Waals surface area contributed by atoms with Crippen LogP contribution in [0.2, 0.25) is 0 Å². The molecule has 2 amide bonds. The van der Waals surface area contributed by atoms with Crippen molar-refractivity contribution in [2.24, 2.45) is 0 Å². The molecule has 0 saturated carbocycles. The maximum absolute atomic E-state index is 14.7. The van der Waals surface area contributed by atoms with Crippen LogP contribution in [0.15, 0.2) is 71.6 Å². The van der Waals surface area contributed by atoms with Crippen molar-refractivity contribution in [1.29, 1.82) is 0 Å². The van der Waals surface area contributed by atoms with Crippen LogP contribution in [0.5, 0.6) is 11.5 Å². The van der Waals surface area contributed by atoms with Crippen LogP contribution in [0, 0.1) is 11.6 Å². The van der Waals surface area contributed by atoms with Gasteiger partial charge in [-0.1, -0.05) is 25.1 Å². The van der Waals surface area contributed by atoms with Crippen molar-refractivity contribution in [2.45, 2.75) is 50.7 Å². The minimum atomic E-state index is -4.43. The lowest BCUT2D eigenvalue weighted by Crippen LogP contribution is -2.52. The molecule has 1 aliphatic rings. The van der Waals surface area contributed by atoms with Gasteiger partial charge < -0.3 is 19.7 Å². The highest BCUT2D eigenvalue weighted by Gasteiger charge is 2.34. The third kappa shape index (κ3) is 6.99. The number of nitrogens with one attached hydrogen (secondary N) is 1. The second-order valence-corrected chi connectivity index (χ2v) is 11.8. The number of hydrogen-bond acceptors (Lipinski definition) is 6. The number of rotatable bonds is 11. The molecule has 0 aromatic heterocycles. The van der Waals surface area contributed by atoms with Crippen LogP contribution in [0.25, 0.3) is 0 Å². The Bertz CT molecular complexity index is 1530.